The Kier molecular flexibility index (Phi) is 10.3. The molecule has 0 spiro atoms. The van der Waals surface area contributed by atoms with Gasteiger partial charge in [-0.15, -0.1) is 5.10 Å². The molecule has 17 heteroatoms. The first kappa shape index (κ1) is 34.6. The van der Waals surface area contributed by atoms with E-state index in [1.54, 1.807) is 24.3 Å². The van der Waals surface area contributed by atoms with Crippen molar-refractivity contribution in [1.82, 2.24) is 20.4 Å². The van der Waals surface area contributed by atoms with Gasteiger partial charge in [-0.05, 0) is 72.9 Å². The number of aromatic carboxylic acids is 2. The maximum Gasteiger partial charge on any atom is 0.417 e. The van der Waals surface area contributed by atoms with Crippen LogP contribution in [0.15, 0.2) is 65.8 Å². The molecule has 5 rings (SSSR count). The molecule has 0 bridgehead atoms. The molecule has 3 aromatic carbocycles. The van der Waals surface area contributed by atoms with Crippen molar-refractivity contribution in [3.05, 3.63) is 105 Å². The number of carbonyl (C=O) groups is 4. The lowest BCUT2D eigenvalue weighted by atomic mass is 10.1. The summed E-state index contributed by atoms with van der Waals surface area (Å²) in [5.74, 6) is -4.48. The molecule has 254 valence electrons. The Morgan fingerprint density at radius 3 is 2.39 bits per heavy atom. The third-order valence-corrected chi connectivity index (χ3v) is 7.88. The van der Waals surface area contributed by atoms with Crippen molar-refractivity contribution >= 4 is 52.9 Å². The van der Waals surface area contributed by atoms with Gasteiger partial charge < -0.3 is 20.4 Å². The van der Waals surface area contributed by atoms with Crippen LogP contribution >= 0.6 is 11.6 Å². The molecule has 1 fully saturated rings. The minimum absolute atomic E-state index is 0.0340. The molecule has 0 atom stereocenters. The number of aromatic nitrogens is 3. The first-order chi connectivity index (χ1) is 23.3. The summed E-state index contributed by atoms with van der Waals surface area (Å²) >= 11 is 5.68. The van der Waals surface area contributed by atoms with Crippen molar-refractivity contribution in [2.75, 3.05) is 23.3 Å². The van der Waals surface area contributed by atoms with Crippen LogP contribution in [0.25, 0.3) is 0 Å². The topological polar surface area (TPSA) is 179 Å². The van der Waals surface area contributed by atoms with Crippen LogP contribution in [0.2, 0.25) is 5.02 Å². The molecule has 1 saturated heterocycles. The smallest absolute Gasteiger partial charge is 0.417 e. The summed E-state index contributed by atoms with van der Waals surface area (Å²) in [6, 6.07) is 14.1. The minimum atomic E-state index is -4.69. The zero-order valence-corrected chi connectivity index (χ0v) is 26.1. The zero-order valence-electron chi connectivity index (χ0n) is 25.4. The van der Waals surface area contributed by atoms with E-state index in [1.165, 1.54) is 24.3 Å². The number of nitrogens with one attached hydrogen (secondary N) is 2. The van der Waals surface area contributed by atoms with Crippen molar-refractivity contribution in [1.29, 1.82) is 0 Å². The van der Waals surface area contributed by atoms with Gasteiger partial charge in [0, 0.05) is 24.3 Å². The summed E-state index contributed by atoms with van der Waals surface area (Å²) < 4.78 is 40.7. The molecule has 2 amide bonds. The monoisotopic (exact) mass is 697 g/mol. The molecule has 49 heavy (non-hydrogen) atoms. The van der Waals surface area contributed by atoms with Crippen molar-refractivity contribution in [2.24, 2.45) is 5.10 Å². The van der Waals surface area contributed by atoms with E-state index in [4.69, 9.17) is 11.6 Å². The second kappa shape index (κ2) is 14.6. The van der Waals surface area contributed by atoms with E-state index in [1.807, 2.05) is 0 Å². The van der Waals surface area contributed by atoms with Gasteiger partial charge in [-0.2, -0.15) is 18.3 Å². The Bertz CT molecular complexity index is 1960. The number of halogens is 4. The largest absolute Gasteiger partial charge is 0.476 e. The van der Waals surface area contributed by atoms with Gasteiger partial charge >= 0.3 is 18.1 Å². The Labute approximate surface area is 281 Å². The second-order valence-electron chi connectivity index (χ2n) is 10.9. The van der Waals surface area contributed by atoms with Crippen LogP contribution < -0.4 is 15.6 Å². The Hall–Kier alpha value is -5.77. The third-order valence-electron chi connectivity index (χ3n) is 7.55. The van der Waals surface area contributed by atoms with E-state index in [2.05, 4.69) is 31.1 Å². The van der Waals surface area contributed by atoms with Gasteiger partial charge in [0.1, 0.15) is 0 Å². The summed E-state index contributed by atoms with van der Waals surface area (Å²) in [4.78, 5) is 51.9. The van der Waals surface area contributed by atoms with E-state index in [0.29, 0.717) is 5.56 Å². The summed E-state index contributed by atoms with van der Waals surface area (Å²) in [7, 11) is 0. The second-order valence-corrected chi connectivity index (χ2v) is 11.3. The first-order valence-corrected chi connectivity index (χ1v) is 15.1. The number of amides is 2. The molecule has 0 aliphatic carbocycles. The average molecular weight is 698 g/mol. The number of benzene rings is 3. The van der Waals surface area contributed by atoms with E-state index in [-0.39, 0.29) is 28.9 Å². The standard InChI is InChI=1S/C32H27ClF3N7O6/c33-24-9-7-18(14-23(24)32(34,35)36)16-37-40-29(45)22-15-21(42-11-2-1-3-12-42)8-10-25(22)38-28(44)20-6-4-5-19(13-20)17-43-27(31(48)49)26(30(46)47)39-41-43/h4-10,13-16H,1-3,11-12,17H2,(H,38,44)(H,40,45)(H,46,47)(H,48,49)/b37-16+. The molecule has 13 nitrogen and oxygen atoms in total. The van der Waals surface area contributed by atoms with Gasteiger partial charge in [-0.25, -0.2) is 19.7 Å². The Morgan fingerprint density at radius 2 is 1.69 bits per heavy atom. The molecule has 0 unspecified atom stereocenters. The number of hydrogen-bond donors (Lipinski definition) is 4. The number of carbonyl (C=O) groups excluding carboxylic acids is 2. The van der Waals surface area contributed by atoms with Gasteiger partial charge in [0.05, 0.1) is 34.6 Å². The third kappa shape index (κ3) is 8.21. The maximum absolute atomic E-state index is 13.4. The van der Waals surface area contributed by atoms with Crippen molar-refractivity contribution in [2.45, 2.75) is 32.0 Å². The number of hydrazone groups is 1. The fourth-order valence-electron chi connectivity index (χ4n) is 5.20. The highest BCUT2D eigenvalue weighted by Gasteiger charge is 2.33. The SMILES string of the molecule is O=C(Nc1ccc(N2CCCCC2)cc1C(=O)N/N=C/c1ccc(Cl)c(C(F)(F)F)c1)c1cccc(Cn2nnc(C(=O)O)c2C(=O)O)c1. The number of anilines is 2. The lowest BCUT2D eigenvalue weighted by Gasteiger charge is -2.29. The predicted octanol–water partition coefficient (Wildman–Crippen LogP) is 5.40. The van der Waals surface area contributed by atoms with Gasteiger partial charge in [0.2, 0.25) is 5.69 Å². The number of nitrogens with zero attached hydrogens (tertiary/aromatic N) is 5. The van der Waals surface area contributed by atoms with Gasteiger partial charge in [0.15, 0.2) is 5.69 Å². The van der Waals surface area contributed by atoms with Gasteiger partial charge in [-0.3, -0.25) is 9.59 Å². The first-order valence-electron chi connectivity index (χ1n) is 14.7. The van der Waals surface area contributed by atoms with E-state index < -0.39 is 51.9 Å². The summed E-state index contributed by atoms with van der Waals surface area (Å²) in [6.45, 7) is 1.32. The highest BCUT2D eigenvalue weighted by molar-refractivity contribution is 6.31. The van der Waals surface area contributed by atoms with Crippen LogP contribution in [0.3, 0.4) is 0 Å². The number of carboxylic acids is 2. The normalized spacial score (nSPS) is 13.3. The van der Waals surface area contributed by atoms with Crippen molar-refractivity contribution < 1.29 is 42.6 Å². The number of hydrogen-bond acceptors (Lipinski definition) is 8. The number of carboxylic acid groups (broad SMARTS) is 2. The molecular formula is C32H27ClF3N7O6. The highest BCUT2D eigenvalue weighted by Crippen LogP contribution is 2.35. The van der Waals surface area contributed by atoms with Crippen LogP contribution in [0, 0.1) is 0 Å². The van der Waals surface area contributed by atoms with E-state index in [0.717, 1.165) is 61.1 Å². The summed E-state index contributed by atoms with van der Waals surface area (Å²) in [5, 5.41) is 31.8. The van der Waals surface area contributed by atoms with E-state index >= 15 is 0 Å². The summed E-state index contributed by atoms with van der Waals surface area (Å²) in [6.07, 6.45) is -0.662. The van der Waals surface area contributed by atoms with Crippen LogP contribution in [0.4, 0.5) is 24.5 Å². The molecular weight excluding hydrogens is 671 g/mol. The number of rotatable bonds is 10. The minimum Gasteiger partial charge on any atom is -0.476 e. The summed E-state index contributed by atoms with van der Waals surface area (Å²) in [5.41, 5.74) is 1.33. The van der Waals surface area contributed by atoms with E-state index in [9.17, 15) is 42.6 Å². The van der Waals surface area contributed by atoms with Crippen LogP contribution in [-0.2, 0) is 12.7 Å². The molecule has 1 aliphatic rings. The Balaban J connectivity index is 1.38. The van der Waals surface area contributed by atoms with Crippen LogP contribution in [0.5, 0.6) is 0 Å². The lowest BCUT2D eigenvalue weighted by molar-refractivity contribution is -0.137. The molecule has 1 aromatic heterocycles. The molecule has 2 heterocycles. The zero-order chi connectivity index (χ0) is 35.3. The van der Waals surface area contributed by atoms with Crippen molar-refractivity contribution in [3.8, 4) is 0 Å². The quantitative estimate of drug-likeness (QED) is 0.125. The van der Waals surface area contributed by atoms with Gasteiger partial charge in [0.25, 0.3) is 11.8 Å². The number of alkyl halides is 3. The number of piperidine rings is 1. The molecule has 4 N–H and O–H groups in total. The van der Waals surface area contributed by atoms with Crippen LogP contribution in [0.1, 0.15) is 77.6 Å². The van der Waals surface area contributed by atoms with Crippen LogP contribution in [-0.4, -0.2) is 68.3 Å². The fraction of sp³-hybridized carbons (Fsp3) is 0.219. The highest BCUT2D eigenvalue weighted by atomic mass is 35.5. The Morgan fingerprint density at radius 1 is 0.939 bits per heavy atom. The molecule has 1 aliphatic heterocycles. The molecule has 4 aromatic rings. The average Bonchev–Trinajstić information content (AvgIpc) is 3.50. The fourth-order valence-corrected chi connectivity index (χ4v) is 5.43. The predicted molar refractivity (Wildman–Crippen MR) is 171 cm³/mol. The lowest BCUT2D eigenvalue weighted by Crippen LogP contribution is -2.30. The molecule has 0 saturated carbocycles. The molecule has 0 radical (unpaired) electrons. The maximum atomic E-state index is 13.4. The van der Waals surface area contributed by atoms with Gasteiger partial charge in [-0.1, -0.05) is 35.0 Å². The van der Waals surface area contributed by atoms with Crippen molar-refractivity contribution in [3.63, 3.8) is 0 Å².